The van der Waals surface area contributed by atoms with E-state index in [2.05, 4.69) is 17.5 Å². The van der Waals surface area contributed by atoms with Crippen LogP contribution in [0.5, 0.6) is 0 Å². The third kappa shape index (κ3) is 2.99. The molecule has 4 heterocycles. The van der Waals surface area contributed by atoms with Crippen molar-refractivity contribution in [3.05, 3.63) is 36.9 Å². The predicted octanol–water partition coefficient (Wildman–Crippen LogP) is 4.64. The Hall–Kier alpha value is -1.05. The van der Waals surface area contributed by atoms with Gasteiger partial charge in [-0.3, -0.25) is 14.2 Å². The number of thiazole rings is 1. The molecule has 0 N–H and O–H groups in total. The van der Waals surface area contributed by atoms with E-state index < -0.39 is 0 Å². The SMILES string of the molecule is O=C(Cn1c2c(sc1=O)C(c1cccs1)C1C3CCC(C3)C1S2)N1CCCCC1. The van der Waals surface area contributed by atoms with Gasteiger partial charge < -0.3 is 4.90 Å². The lowest BCUT2D eigenvalue weighted by Gasteiger charge is -2.40. The van der Waals surface area contributed by atoms with E-state index in [4.69, 9.17) is 0 Å². The number of hydrogen-bond donors (Lipinski definition) is 0. The largest absolute Gasteiger partial charge is 0.341 e. The maximum Gasteiger partial charge on any atom is 0.308 e. The molecule has 2 aromatic heterocycles. The van der Waals surface area contributed by atoms with Gasteiger partial charge in [-0.25, -0.2) is 0 Å². The average molecular weight is 447 g/mol. The number of nitrogens with zero attached hydrogens (tertiary/aromatic N) is 2. The minimum absolute atomic E-state index is 0.0572. The molecule has 4 aliphatic rings. The van der Waals surface area contributed by atoms with Crippen LogP contribution in [-0.4, -0.2) is 33.7 Å². The molecule has 0 aromatic carbocycles. The smallest absolute Gasteiger partial charge is 0.308 e. The molecule has 154 valence electrons. The zero-order valence-corrected chi connectivity index (χ0v) is 18.9. The van der Waals surface area contributed by atoms with Crippen LogP contribution in [0, 0.1) is 17.8 Å². The quantitative estimate of drug-likeness (QED) is 0.690. The minimum Gasteiger partial charge on any atom is -0.341 e. The fourth-order valence-electron chi connectivity index (χ4n) is 6.25. The zero-order valence-electron chi connectivity index (χ0n) is 16.4. The summed E-state index contributed by atoms with van der Waals surface area (Å²) in [7, 11) is 0. The molecule has 1 saturated heterocycles. The highest BCUT2D eigenvalue weighted by Crippen LogP contribution is 2.64. The normalized spacial score (nSPS) is 33.0. The Kier molecular flexibility index (Phi) is 4.69. The number of aromatic nitrogens is 1. The summed E-state index contributed by atoms with van der Waals surface area (Å²) in [5.41, 5.74) is 0. The molecule has 2 aromatic rings. The van der Waals surface area contributed by atoms with Crippen molar-refractivity contribution in [1.29, 1.82) is 0 Å². The number of fused-ring (bicyclic) bond motifs is 6. The second kappa shape index (κ2) is 7.27. The van der Waals surface area contributed by atoms with Crippen LogP contribution < -0.4 is 4.87 Å². The van der Waals surface area contributed by atoms with Crippen LogP contribution in [0.3, 0.4) is 0 Å². The fraction of sp³-hybridized carbons (Fsp3) is 0.636. The molecule has 2 saturated carbocycles. The first-order chi connectivity index (χ1) is 14.2. The Morgan fingerprint density at radius 3 is 2.76 bits per heavy atom. The second-order valence-electron chi connectivity index (χ2n) is 9.05. The molecule has 5 unspecified atom stereocenters. The molecule has 29 heavy (non-hydrogen) atoms. The number of hydrogen-bond acceptors (Lipinski definition) is 5. The summed E-state index contributed by atoms with van der Waals surface area (Å²) in [6.45, 7) is 1.92. The fourth-order valence-corrected chi connectivity index (χ4v) is 10.4. The van der Waals surface area contributed by atoms with Gasteiger partial charge in [0.25, 0.3) is 0 Å². The minimum atomic E-state index is 0.0572. The lowest BCUT2D eigenvalue weighted by Crippen LogP contribution is -2.39. The Morgan fingerprint density at radius 2 is 1.97 bits per heavy atom. The first-order valence-electron chi connectivity index (χ1n) is 10.9. The van der Waals surface area contributed by atoms with E-state index in [0.29, 0.717) is 17.1 Å². The van der Waals surface area contributed by atoms with Gasteiger partial charge in [-0.05, 0) is 67.7 Å². The molecule has 6 rings (SSSR count). The number of thioether (sulfide) groups is 1. The van der Waals surface area contributed by atoms with Gasteiger partial charge >= 0.3 is 4.87 Å². The standard InChI is InChI=1S/C22H26N2O2S3/c25-16(23-8-2-1-3-9-23)12-24-21-20(29-22(24)26)18(15-5-4-10-27-15)17-13-6-7-14(11-13)19(17)28-21/h4-5,10,13-14,17-19H,1-3,6-9,11-12H2. The van der Waals surface area contributed by atoms with Crippen LogP contribution in [0.2, 0.25) is 0 Å². The number of amides is 1. The van der Waals surface area contributed by atoms with E-state index in [9.17, 15) is 9.59 Å². The Bertz CT molecular complexity index is 973. The number of piperidine rings is 1. The summed E-state index contributed by atoms with van der Waals surface area (Å²) in [5.74, 6) is 2.73. The molecule has 2 bridgehead atoms. The van der Waals surface area contributed by atoms with E-state index in [1.54, 1.807) is 0 Å². The molecule has 3 fully saturated rings. The van der Waals surface area contributed by atoms with E-state index in [1.165, 1.54) is 46.8 Å². The van der Waals surface area contributed by atoms with Crippen molar-refractivity contribution in [3.63, 3.8) is 0 Å². The van der Waals surface area contributed by atoms with Gasteiger partial charge in [0.1, 0.15) is 6.54 Å². The molecular weight excluding hydrogens is 420 g/mol. The zero-order chi connectivity index (χ0) is 19.5. The Morgan fingerprint density at radius 1 is 1.14 bits per heavy atom. The average Bonchev–Trinajstić information content (AvgIpc) is 3.53. The van der Waals surface area contributed by atoms with Crippen LogP contribution in [0.1, 0.15) is 54.2 Å². The first kappa shape index (κ1) is 18.7. The lowest BCUT2D eigenvalue weighted by atomic mass is 9.77. The Balaban J connectivity index is 1.39. The third-order valence-electron chi connectivity index (χ3n) is 7.54. The lowest BCUT2D eigenvalue weighted by molar-refractivity contribution is -0.132. The number of carbonyl (C=O) groups is 1. The summed E-state index contributed by atoms with van der Waals surface area (Å²) in [6, 6.07) is 4.40. The van der Waals surface area contributed by atoms with Gasteiger partial charge in [0.05, 0.1) is 5.03 Å². The number of likely N-dealkylation sites (tertiary alicyclic amines) is 1. The van der Waals surface area contributed by atoms with Crippen LogP contribution in [-0.2, 0) is 11.3 Å². The number of thiophene rings is 1. The maximum absolute atomic E-state index is 13.0. The molecule has 5 atom stereocenters. The van der Waals surface area contributed by atoms with Crippen molar-refractivity contribution in [2.45, 2.75) is 61.3 Å². The third-order valence-corrected chi connectivity index (χ3v) is 11.3. The summed E-state index contributed by atoms with van der Waals surface area (Å²) in [5, 5.41) is 3.88. The molecule has 2 aliphatic carbocycles. The van der Waals surface area contributed by atoms with Gasteiger partial charge in [-0.15, -0.1) is 23.1 Å². The van der Waals surface area contributed by atoms with Crippen LogP contribution >= 0.6 is 34.4 Å². The summed E-state index contributed by atoms with van der Waals surface area (Å²) >= 11 is 5.18. The van der Waals surface area contributed by atoms with E-state index in [0.717, 1.165) is 42.8 Å². The highest BCUT2D eigenvalue weighted by Gasteiger charge is 2.55. The van der Waals surface area contributed by atoms with Gasteiger partial charge in [-0.2, -0.15) is 0 Å². The molecule has 2 aliphatic heterocycles. The number of carbonyl (C=O) groups excluding carboxylic acids is 1. The van der Waals surface area contributed by atoms with E-state index >= 15 is 0 Å². The van der Waals surface area contributed by atoms with Crippen molar-refractivity contribution in [2.75, 3.05) is 13.1 Å². The van der Waals surface area contributed by atoms with Crippen molar-refractivity contribution >= 4 is 40.3 Å². The summed E-state index contributed by atoms with van der Waals surface area (Å²) < 4.78 is 1.82. The predicted molar refractivity (Wildman–Crippen MR) is 119 cm³/mol. The summed E-state index contributed by atoms with van der Waals surface area (Å²) in [4.78, 5) is 30.6. The molecule has 1 amide bonds. The molecule has 4 nitrogen and oxygen atoms in total. The first-order valence-corrected chi connectivity index (χ1v) is 13.5. The van der Waals surface area contributed by atoms with Crippen LogP contribution in [0.4, 0.5) is 0 Å². The van der Waals surface area contributed by atoms with Crippen molar-refractivity contribution in [1.82, 2.24) is 9.47 Å². The molecular formula is C22H26N2O2S3. The van der Waals surface area contributed by atoms with Crippen LogP contribution in [0.25, 0.3) is 0 Å². The van der Waals surface area contributed by atoms with Gasteiger partial charge in [0, 0.05) is 34.0 Å². The van der Waals surface area contributed by atoms with Gasteiger partial charge in [0.15, 0.2) is 0 Å². The van der Waals surface area contributed by atoms with E-state index in [1.807, 2.05) is 32.6 Å². The van der Waals surface area contributed by atoms with Crippen molar-refractivity contribution in [3.8, 4) is 0 Å². The van der Waals surface area contributed by atoms with Crippen LogP contribution in [0.15, 0.2) is 27.3 Å². The van der Waals surface area contributed by atoms with Gasteiger partial charge in [0.2, 0.25) is 5.91 Å². The highest BCUT2D eigenvalue weighted by molar-refractivity contribution is 8.00. The van der Waals surface area contributed by atoms with E-state index in [-0.39, 0.29) is 17.3 Å². The topological polar surface area (TPSA) is 42.3 Å². The highest BCUT2D eigenvalue weighted by atomic mass is 32.2. The van der Waals surface area contributed by atoms with Crippen molar-refractivity contribution < 1.29 is 4.79 Å². The molecule has 0 radical (unpaired) electrons. The molecule has 0 spiro atoms. The summed E-state index contributed by atoms with van der Waals surface area (Å²) in [6.07, 6.45) is 7.44. The second-order valence-corrected chi connectivity index (χ2v) is 12.2. The van der Waals surface area contributed by atoms with Crippen molar-refractivity contribution in [2.24, 2.45) is 17.8 Å². The van der Waals surface area contributed by atoms with Gasteiger partial charge in [-0.1, -0.05) is 17.4 Å². The monoisotopic (exact) mass is 446 g/mol. The Labute approximate surface area is 183 Å². The number of rotatable bonds is 3. The molecule has 7 heteroatoms. The maximum atomic E-state index is 13.0.